The zero-order valence-corrected chi connectivity index (χ0v) is 15.8. The van der Waals surface area contributed by atoms with Crippen molar-refractivity contribution in [2.75, 3.05) is 26.3 Å². The average Bonchev–Trinajstić information content (AvgIpc) is 3.43. The first-order valence-corrected chi connectivity index (χ1v) is 9.91. The van der Waals surface area contributed by atoms with Crippen LogP contribution in [0.5, 0.6) is 0 Å². The number of morpholine rings is 1. The largest absolute Gasteiger partial charge is 0.378 e. The van der Waals surface area contributed by atoms with Gasteiger partial charge in [-0.3, -0.25) is 4.79 Å². The maximum atomic E-state index is 12.6. The number of thiophene rings is 1. The van der Waals surface area contributed by atoms with E-state index in [9.17, 15) is 4.79 Å². The van der Waals surface area contributed by atoms with E-state index in [4.69, 9.17) is 9.84 Å². The highest BCUT2D eigenvalue weighted by Gasteiger charge is 2.18. The Morgan fingerprint density at radius 2 is 1.82 bits per heavy atom. The van der Waals surface area contributed by atoms with Crippen molar-refractivity contribution >= 4 is 22.9 Å². The summed E-state index contributed by atoms with van der Waals surface area (Å²) in [5.41, 5.74) is 3.11. The van der Waals surface area contributed by atoms with Crippen LogP contribution < -0.4 is 0 Å². The molecule has 0 radical (unpaired) electrons. The average molecular weight is 391 g/mol. The van der Waals surface area contributed by atoms with Crippen LogP contribution in [0.3, 0.4) is 0 Å². The lowest BCUT2D eigenvalue weighted by Crippen LogP contribution is -2.40. The monoisotopic (exact) mass is 391 g/mol. The molecule has 1 amide bonds. The minimum Gasteiger partial charge on any atom is -0.378 e. The van der Waals surface area contributed by atoms with Crippen molar-refractivity contribution in [3.63, 3.8) is 0 Å². The molecule has 1 aliphatic rings. The van der Waals surface area contributed by atoms with Gasteiger partial charge in [-0.2, -0.15) is 9.61 Å². The van der Waals surface area contributed by atoms with Gasteiger partial charge in [0.2, 0.25) is 0 Å². The second kappa shape index (κ2) is 7.14. The molecule has 4 heterocycles. The summed E-state index contributed by atoms with van der Waals surface area (Å²) in [6, 6.07) is 15.4. The minimum atomic E-state index is 0.0389. The number of amides is 1. The van der Waals surface area contributed by atoms with Crippen molar-refractivity contribution in [1.29, 1.82) is 0 Å². The molecule has 0 N–H and O–H groups in total. The van der Waals surface area contributed by atoms with E-state index in [0.29, 0.717) is 37.5 Å². The summed E-state index contributed by atoms with van der Waals surface area (Å²) in [6.45, 7) is 2.47. The molecule has 1 aliphatic heterocycles. The fraction of sp³-hybridized carbons (Fsp3) is 0.200. The molecule has 4 aromatic rings. The highest BCUT2D eigenvalue weighted by molar-refractivity contribution is 7.13. The highest BCUT2D eigenvalue weighted by Crippen LogP contribution is 2.24. The van der Waals surface area contributed by atoms with Crippen LogP contribution in [0.1, 0.15) is 10.4 Å². The van der Waals surface area contributed by atoms with E-state index < -0.39 is 0 Å². The van der Waals surface area contributed by atoms with Gasteiger partial charge < -0.3 is 9.64 Å². The molecule has 0 saturated carbocycles. The number of ether oxygens (including phenoxy) is 1. The molecule has 0 bridgehead atoms. The number of hydrogen-bond donors (Lipinski definition) is 0. The molecular weight excluding hydrogens is 374 g/mol. The van der Waals surface area contributed by atoms with Crippen LogP contribution in [0.4, 0.5) is 0 Å². The topological polar surface area (TPSA) is 72.6 Å². The van der Waals surface area contributed by atoms with Gasteiger partial charge in [0.1, 0.15) is 0 Å². The predicted molar refractivity (Wildman–Crippen MR) is 106 cm³/mol. The highest BCUT2D eigenvalue weighted by atomic mass is 32.1. The summed E-state index contributed by atoms with van der Waals surface area (Å²) in [7, 11) is 0. The first-order valence-electron chi connectivity index (χ1n) is 9.03. The van der Waals surface area contributed by atoms with Gasteiger partial charge in [0.25, 0.3) is 5.91 Å². The molecule has 7 nitrogen and oxygen atoms in total. The van der Waals surface area contributed by atoms with Crippen LogP contribution in [0.15, 0.2) is 53.9 Å². The molecule has 5 rings (SSSR count). The van der Waals surface area contributed by atoms with E-state index >= 15 is 0 Å². The molecule has 0 unspecified atom stereocenters. The third kappa shape index (κ3) is 3.06. The Balaban J connectivity index is 1.45. The number of carbonyl (C=O) groups is 1. The van der Waals surface area contributed by atoms with Crippen molar-refractivity contribution in [3.8, 4) is 22.0 Å². The standard InChI is InChI=1S/C20H17N5O2S/c26-20(24-9-11-27-12-10-24)15-5-3-14(4-6-15)16-7-8-18-21-22-19(25(18)23-16)17-2-1-13-28-17/h1-8,13H,9-12H2. The molecule has 28 heavy (non-hydrogen) atoms. The summed E-state index contributed by atoms with van der Waals surface area (Å²) >= 11 is 1.60. The summed E-state index contributed by atoms with van der Waals surface area (Å²) in [4.78, 5) is 15.4. The van der Waals surface area contributed by atoms with Gasteiger partial charge in [0.05, 0.1) is 23.8 Å². The Morgan fingerprint density at radius 1 is 1.00 bits per heavy atom. The number of rotatable bonds is 3. The molecule has 1 fully saturated rings. The second-order valence-corrected chi connectivity index (χ2v) is 7.42. The van der Waals surface area contributed by atoms with Gasteiger partial charge in [0.15, 0.2) is 11.5 Å². The molecule has 3 aromatic heterocycles. The number of fused-ring (bicyclic) bond motifs is 1. The van der Waals surface area contributed by atoms with Gasteiger partial charge in [-0.15, -0.1) is 21.5 Å². The molecule has 1 saturated heterocycles. The van der Waals surface area contributed by atoms with Gasteiger partial charge in [-0.05, 0) is 35.7 Å². The molecule has 0 spiro atoms. The predicted octanol–water partition coefficient (Wildman–Crippen LogP) is 2.99. The van der Waals surface area contributed by atoms with Crippen LogP contribution in [0.25, 0.3) is 27.6 Å². The fourth-order valence-corrected chi connectivity index (χ4v) is 3.93. The van der Waals surface area contributed by atoms with Crippen molar-refractivity contribution < 1.29 is 9.53 Å². The maximum absolute atomic E-state index is 12.6. The lowest BCUT2D eigenvalue weighted by atomic mass is 10.1. The Kier molecular flexibility index (Phi) is 4.34. The molecule has 0 aliphatic carbocycles. The number of hydrogen-bond acceptors (Lipinski definition) is 6. The third-order valence-corrected chi connectivity index (χ3v) is 5.60. The molecular formula is C20H17N5O2S. The Labute approximate surface area is 165 Å². The van der Waals surface area contributed by atoms with Gasteiger partial charge in [-0.25, -0.2) is 0 Å². The van der Waals surface area contributed by atoms with Crippen molar-refractivity contribution in [2.45, 2.75) is 0 Å². The van der Waals surface area contributed by atoms with E-state index in [1.807, 2.05) is 58.8 Å². The fourth-order valence-electron chi connectivity index (χ4n) is 3.23. The Morgan fingerprint density at radius 3 is 2.57 bits per heavy atom. The number of carbonyl (C=O) groups excluding carboxylic acids is 1. The lowest BCUT2D eigenvalue weighted by molar-refractivity contribution is 0.0303. The van der Waals surface area contributed by atoms with E-state index in [-0.39, 0.29) is 5.91 Å². The summed E-state index contributed by atoms with van der Waals surface area (Å²) < 4.78 is 7.07. The Hall–Kier alpha value is -3.10. The van der Waals surface area contributed by atoms with E-state index in [1.54, 1.807) is 15.9 Å². The van der Waals surface area contributed by atoms with E-state index in [1.165, 1.54) is 0 Å². The maximum Gasteiger partial charge on any atom is 0.254 e. The summed E-state index contributed by atoms with van der Waals surface area (Å²) in [5.74, 6) is 0.767. The van der Waals surface area contributed by atoms with Gasteiger partial charge in [0, 0.05) is 24.2 Å². The molecule has 0 atom stereocenters. The van der Waals surface area contributed by atoms with Crippen LogP contribution >= 0.6 is 11.3 Å². The van der Waals surface area contributed by atoms with Crippen molar-refractivity contribution in [3.05, 3.63) is 59.5 Å². The van der Waals surface area contributed by atoms with E-state index in [0.717, 1.165) is 22.0 Å². The molecule has 140 valence electrons. The smallest absolute Gasteiger partial charge is 0.254 e. The number of nitrogens with zero attached hydrogens (tertiary/aromatic N) is 5. The van der Waals surface area contributed by atoms with Crippen LogP contribution in [-0.2, 0) is 4.74 Å². The zero-order chi connectivity index (χ0) is 18.9. The van der Waals surface area contributed by atoms with Crippen LogP contribution in [0, 0.1) is 0 Å². The quantitative estimate of drug-likeness (QED) is 0.537. The second-order valence-electron chi connectivity index (χ2n) is 6.47. The molecule has 8 heteroatoms. The van der Waals surface area contributed by atoms with Gasteiger partial charge >= 0.3 is 0 Å². The van der Waals surface area contributed by atoms with Crippen molar-refractivity contribution in [2.24, 2.45) is 0 Å². The van der Waals surface area contributed by atoms with E-state index in [2.05, 4.69) is 10.2 Å². The number of aromatic nitrogens is 4. The lowest BCUT2D eigenvalue weighted by Gasteiger charge is -2.26. The van der Waals surface area contributed by atoms with Crippen LogP contribution in [0.2, 0.25) is 0 Å². The SMILES string of the molecule is O=C(c1ccc(-c2ccc3nnc(-c4cccs4)n3n2)cc1)N1CCOCC1. The van der Waals surface area contributed by atoms with Crippen molar-refractivity contribution in [1.82, 2.24) is 24.7 Å². The first kappa shape index (κ1) is 17.0. The van der Waals surface area contributed by atoms with Crippen LogP contribution in [-0.4, -0.2) is 56.9 Å². The van der Waals surface area contributed by atoms with Gasteiger partial charge in [-0.1, -0.05) is 18.2 Å². The summed E-state index contributed by atoms with van der Waals surface area (Å²) in [5, 5.41) is 15.2. The molecule has 1 aromatic carbocycles. The Bertz CT molecular complexity index is 1120. The summed E-state index contributed by atoms with van der Waals surface area (Å²) in [6.07, 6.45) is 0. The zero-order valence-electron chi connectivity index (χ0n) is 15.0. The third-order valence-electron chi connectivity index (χ3n) is 4.73. The number of benzene rings is 1. The first-order chi connectivity index (χ1) is 13.8. The normalized spacial score (nSPS) is 14.5. The minimum absolute atomic E-state index is 0.0389.